The summed E-state index contributed by atoms with van der Waals surface area (Å²) < 4.78 is 52.4. The number of aryl methyl sites for hydroxylation is 2. The average molecular weight is 814 g/mol. The Kier molecular flexibility index (Phi) is 8.56. The highest BCUT2D eigenvalue weighted by Gasteiger charge is 2.25. The number of rotatable bonds is 7. The van der Waals surface area contributed by atoms with Gasteiger partial charge in [-0.1, -0.05) is 156 Å². The van der Waals surface area contributed by atoms with Gasteiger partial charge in [0.15, 0.2) is 0 Å². The number of aromatic hydroxyl groups is 1. The molecule has 1 N–H and O–H groups in total. The quantitative estimate of drug-likeness (QED) is 0.174. The molecule has 62 heavy (non-hydrogen) atoms. The van der Waals surface area contributed by atoms with Gasteiger partial charge in [-0.05, 0) is 129 Å². The fourth-order valence-corrected chi connectivity index (χ4v) is 8.22. The second kappa shape index (κ2) is 15.8. The fraction of sp³-hybridized carbons (Fsp3) is 0.172. The third kappa shape index (κ3) is 7.74. The van der Waals surface area contributed by atoms with Crippen LogP contribution < -0.4 is 0 Å². The van der Waals surface area contributed by atoms with E-state index in [1.165, 1.54) is 0 Å². The Labute approximate surface area is 374 Å². The number of phenolic OH excluding ortho intramolecular Hbond substituents is 1. The SMILES string of the molecule is [2H]C([2H])([2H])c1ccc(-c2ccnc(-c3cc(-c4cccc5c4nc(-c4ccccc4O)n5-c4cc(C([2H])([2H])[2H])c(-c5ccc(C(C)(C)C)cc5)cc4-c4ccccc4)cc(C(C)(C)C)c3)c2)cc1. The van der Waals surface area contributed by atoms with Gasteiger partial charge < -0.3 is 5.11 Å². The van der Waals surface area contributed by atoms with E-state index in [2.05, 4.69) is 71.9 Å². The summed E-state index contributed by atoms with van der Waals surface area (Å²) >= 11 is 0. The Morgan fingerprint density at radius 1 is 0.500 bits per heavy atom. The normalized spacial score (nSPS) is 13.8. The first-order chi connectivity index (χ1) is 32.1. The van der Waals surface area contributed by atoms with Gasteiger partial charge in [0.25, 0.3) is 0 Å². The minimum absolute atomic E-state index is 0.0366. The number of para-hydroxylation sites is 2. The molecule has 0 aliphatic carbocycles. The zero-order valence-electron chi connectivity index (χ0n) is 42.0. The highest BCUT2D eigenvalue weighted by Crippen LogP contribution is 2.43. The molecule has 0 unspecified atom stereocenters. The molecule has 0 atom stereocenters. The van der Waals surface area contributed by atoms with Gasteiger partial charge in [-0.2, -0.15) is 0 Å². The maximum atomic E-state index is 11.6. The molecule has 0 spiro atoms. The van der Waals surface area contributed by atoms with Crippen LogP contribution >= 0.6 is 0 Å². The summed E-state index contributed by atoms with van der Waals surface area (Å²) in [6.45, 7) is 8.32. The van der Waals surface area contributed by atoms with Crippen molar-refractivity contribution >= 4 is 11.0 Å². The molecular weight excluding hydrogens is 755 g/mol. The molecule has 9 aromatic rings. The number of nitrogens with zero attached hydrogens (tertiary/aromatic N) is 3. The van der Waals surface area contributed by atoms with Gasteiger partial charge in [-0.15, -0.1) is 0 Å². The lowest BCUT2D eigenvalue weighted by Crippen LogP contribution is -2.11. The van der Waals surface area contributed by atoms with E-state index < -0.39 is 13.7 Å². The van der Waals surface area contributed by atoms with Crippen LogP contribution in [0.15, 0.2) is 170 Å². The lowest BCUT2D eigenvalue weighted by molar-refractivity contribution is 0.477. The Morgan fingerprint density at radius 3 is 1.89 bits per heavy atom. The average Bonchev–Trinajstić information content (AvgIpc) is 3.70. The summed E-state index contributed by atoms with van der Waals surface area (Å²) in [7, 11) is 0. The predicted molar refractivity (Wildman–Crippen MR) is 260 cm³/mol. The summed E-state index contributed by atoms with van der Waals surface area (Å²) in [6, 6.07) is 52.4. The standard InChI is InChI=1S/C58H53N3O/c1-37-21-23-39(24-22-37)42-29-30-59-51(35-42)44-32-43(33-46(34-44)58(6,7)8)47-18-14-19-52-55(47)60-56(48-17-12-13-20-54(48)62)61(52)53-31-38(2)49(36-50(53)40-15-10-9-11-16-40)41-25-27-45(28-26-41)57(3,4)5/h9-36,62H,1-8H3/i1D3,2D3. The minimum Gasteiger partial charge on any atom is -0.507 e. The Balaban J connectivity index is 1.30. The lowest BCUT2D eigenvalue weighted by Gasteiger charge is -2.22. The summed E-state index contributed by atoms with van der Waals surface area (Å²) in [5.41, 5.74) is 13.1. The van der Waals surface area contributed by atoms with Crippen LogP contribution in [-0.4, -0.2) is 19.6 Å². The Bertz CT molecular complexity index is 3320. The molecule has 0 aliphatic heterocycles. The number of benzene rings is 7. The van der Waals surface area contributed by atoms with E-state index in [0.717, 1.165) is 66.8 Å². The van der Waals surface area contributed by atoms with E-state index in [4.69, 9.17) is 18.2 Å². The van der Waals surface area contributed by atoms with Crippen LogP contribution in [0.3, 0.4) is 0 Å². The van der Waals surface area contributed by atoms with Crippen molar-refractivity contribution in [3.05, 3.63) is 192 Å². The maximum absolute atomic E-state index is 11.6. The summed E-state index contributed by atoms with van der Waals surface area (Å²) in [6.07, 6.45) is 1.77. The van der Waals surface area contributed by atoms with Crippen molar-refractivity contribution in [2.24, 2.45) is 0 Å². The van der Waals surface area contributed by atoms with Crippen molar-refractivity contribution in [1.29, 1.82) is 0 Å². The van der Waals surface area contributed by atoms with Crippen molar-refractivity contribution in [2.75, 3.05) is 0 Å². The highest BCUT2D eigenvalue weighted by molar-refractivity contribution is 5.98. The number of pyridine rings is 1. The van der Waals surface area contributed by atoms with Gasteiger partial charge in [-0.25, -0.2) is 4.98 Å². The van der Waals surface area contributed by atoms with Gasteiger partial charge in [0, 0.05) is 31.1 Å². The van der Waals surface area contributed by atoms with Crippen LogP contribution in [0.25, 0.3) is 83.9 Å². The molecule has 0 amide bonds. The largest absolute Gasteiger partial charge is 0.507 e. The summed E-state index contributed by atoms with van der Waals surface area (Å²) in [5, 5.41) is 11.6. The molecule has 0 bridgehead atoms. The van der Waals surface area contributed by atoms with Gasteiger partial charge in [0.1, 0.15) is 11.6 Å². The molecule has 0 fully saturated rings. The van der Waals surface area contributed by atoms with Crippen molar-refractivity contribution in [3.63, 3.8) is 0 Å². The van der Waals surface area contributed by atoms with Crippen molar-refractivity contribution < 1.29 is 13.3 Å². The highest BCUT2D eigenvalue weighted by atomic mass is 16.3. The zero-order chi connectivity index (χ0) is 48.3. The molecule has 0 saturated carbocycles. The second-order valence-electron chi connectivity index (χ2n) is 18.1. The van der Waals surface area contributed by atoms with Crippen molar-refractivity contribution in [3.8, 4) is 78.6 Å². The summed E-state index contributed by atoms with van der Waals surface area (Å²) in [4.78, 5) is 10.3. The van der Waals surface area contributed by atoms with Crippen LogP contribution in [0, 0.1) is 13.7 Å². The molecule has 2 aromatic heterocycles. The van der Waals surface area contributed by atoms with Gasteiger partial charge >= 0.3 is 0 Å². The van der Waals surface area contributed by atoms with Gasteiger partial charge in [0.2, 0.25) is 0 Å². The van der Waals surface area contributed by atoms with Gasteiger partial charge in [0.05, 0.1) is 28.0 Å². The first kappa shape index (κ1) is 33.7. The number of fused-ring (bicyclic) bond motifs is 1. The number of hydrogen-bond donors (Lipinski definition) is 1. The van der Waals surface area contributed by atoms with Crippen LogP contribution in [-0.2, 0) is 10.8 Å². The van der Waals surface area contributed by atoms with Gasteiger partial charge in [-0.3, -0.25) is 9.55 Å². The third-order valence-corrected chi connectivity index (χ3v) is 11.7. The molecule has 0 saturated heterocycles. The molecule has 9 rings (SSSR count). The molecule has 2 heterocycles. The fourth-order valence-electron chi connectivity index (χ4n) is 8.22. The lowest BCUT2D eigenvalue weighted by atomic mass is 9.83. The number of phenols is 1. The summed E-state index contributed by atoms with van der Waals surface area (Å²) in [5.74, 6) is 0.488. The Morgan fingerprint density at radius 2 is 1.18 bits per heavy atom. The monoisotopic (exact) mass is 813 g/mol. The van der Waals surface area contributed by atoms with Crippen molar-refractivity contribution in [2.45, 2.75) is 66.1 Å². The van der Waals surface area contributed by atoms with Crippen LogP contribution in [0.2, 0.25) is 0 Å². The number of aromatic nitrogens is 3. The van der Waals surface area contributed by atoms with E-state index in [1.54, 1.807) is 36.5 Å². The zero-order valence-corrected chi connectivity index (χ0v) is 36.0. The second-order valence-corrected chi connectivity index (χ2v) is 18.1. The van der Waals surface area contributed by atoms with Crippen LogP contribution in [0.4, 0.5) is 0 Å². The van der Waals surface area contributed by atoms with Crippen molar-refractivity contribution in [1.82, 2.24) is 14.5 Å². The van der Waals surface area contributed by atoms with Crippen LogP contribution in [0.5, 0.6) is 5.75 Å². The third-order valence-electron chi connectivity index (χ3n) is 11.7. The first-order valence-electron chi connectivity index (χ1n) is 24.0. The van der Waals surface area contributed by atoms with E-state index in [-0.39, 0.29) is 27.7 Å². The molecule has 306 valence electrons. The van der Waals surface area contributed by atoms with Crippen LogP contribution in [0.1, 0.15) is 72.0 Å². The molecule has 4 nitrogen and oxygen atoms in total. The Hall–Kier alpha value is -7.04. The molecule has 7 aromatic carbocycles. The molecule has 0 radical (unpaired) electrons. The number of hydrogen-bond acceptors (Lipinski definition) is 3. The maximum Gasteiger partial charge on any atom is 0.149 e. The van der Waals surface area contributed by atoms with E-state index in [9.17, 15) is 5.11 Å². The molecule has 4 heteroatoms. The van der Waals surface area contributed by atoms with E-state index >= 15 is 0 Å². The van der Waals surface area contributed by atoms with E-state index in [0.29, 0.717) is 28.2 Å². The topological polar surface area (TPSA) is 50.9 Å². The first-order valence-corrected chi connectivity index (χ1v) is 21.0. The minimum atomic E-state index is -2.49. The molecular formula is C58H53N3O. The predicted octanol–water partition coefficient (Wildman–Crippen LogP) is 15.3. The number of imidazole rings is 1. The molecule has 0 aliphatic rings. The smallest absolute Gasteiger partial charge is 0.149 e. The van der Waals surface area contributed by atoms with E-state index in [1.807, 2.05) is 108 Å².